The molecule has 0 aliphatic heterocycles. The first-order chi connectivity index (χ1) is 8.61. The van der Waals surface area contributed by atoms with Crippen molar-refractivity contribution in [3.63, 3.8) is 0 Å². The fourth-order valence-corrected chi connectivity index (χ4v) is 1.92. The summed E-state index contributed by atoms with van der Waals surface area (Å²) < 4.78 is 13.1. The molecule has 2 rings (SSSR count). The molecule has 2 aromatic rings. The Balaban J connectivity index is 2.37. The van der Waals surface area contributed by atoms with Gasteiger partial charge in [-0.25, -0.2) is 4.39 Å². The van der Waals surface area contributed by atoms with E-state index in [4.69, 9.17) is 17.3 Å². The summed E-state index contributed by atoms with van der Waals surface area (Å²) in [5.41, 5.74) is 8.98. The Morgan fingerprint density at radius 2 is 2.00 bits per heavy atom. The summed E-state index contributed by atoms with van der Waals surface area (Å²) in [7, 11) is 0. The van der Waals surface area contributed by atoms with Crippen LogP contribution in [0.1, 0.15) is 11.1 Å². The molecule has 0 fully saturated rings. The van der Waals surface area contributed by atoms with Crippen molar-refractivity contribution in [2.75, 3.05) is 5.32 Å². The van der Waals surface area contributed by atoms with E-state index >= 15 is 0 Å². The molecule has 3 N–H and O–H groups in total. The van der Waals surface area contributed by atoms with E-state index in [2.05, 4.69) is 5.32 Å². The first kappa shape index (κ1) is 12.9. The summed E-state index contributed by atoms with van der Waals surface area (Å²) in [5.74, 6) is -0.288. The highest BCUT2D eigenvalue weighted by Gasteiger charge is 2.06. The summed E-state index contributed by atoms with van der Waals surface area (Å²) in [6.07, 6.45) is 0. The van der Waals surface area contributed by atoms with Gasteiger partial charge in [0.15, 0.2) is 0 Å². The van der Waals surface area contributed by atoms with Crippen LogP contribution in [0.25, 0.3) is 0 Å². The summed E-state index contributed by atoms with van der Waals surface area (Å²) in [5, 5.41) is 3.92. The lowest BCUT2D eigenvalue weighted by Gasteiger charge is -2.13. The highest BCUT2D eigenvalue weighted by atomic mass is 35.5. The van der Waals surface area contributed by atoms with Gasteiger partial charge in [-0.3, -0.25) is 0 Å². The Kier molecular flexibility index (Phi) is 3.84. The zero-order valence-corrected chi connectivity index (χ0v) is 10.8. The van der Waals surface area contributed by atoms with Crippen molar-refractivity contribution in [2.45, 2.75) is 13.5 Å². The highest BCUT2D eigenvalue weighted by Crippen LogP contribution is 2.27. The van der Waals surface area contributed by atoms with Gasteiger partial charge in [0, 0.05) is 22.9 Å². The lowest BCUT2D eigenvalue weighted by molar-refractivity contribution is 0.626. The predicted octanol–water partition coefficient (Wildman–Crippen LogP) is 3.99. The van der Waals surface area contributed by atoms with Crippen molar-refractivity contribution in [2.24, 2.45) is 5.73 Å². The molecule has 0 saturated carbocycles. The van der Waals surface area contributed by atoms with Crippen LogP contribution < -0.4 is 11.1 Å². The van der Waals surface area contributed by atoms with E-state index in [-0.39, 0.29) is 12.4 Å². The van der Waals surface area contributed by atoms with Crippen LogP contribution in [0.5, 0.6) is 0 Å². The van der Waals surface area contributed by atoms with Crippen LogP contribution in [0.3, 0.4) is 0 Å². The maximum atomic E-state index is 13.1. The molecule has 2 nitrogen and oxygen atoms in total. The number of nitrogens with two attached hydrogens (primary N) is 1. The minimum Gasteiger partial charge on any atom is -0.355 e. The Morgan fingerprint density at radius 1 is 1.22 bits per heavy atom. The quantitative estimate of drug-likeness (QED) is 0.880. The second-order valence-electron chi connectivity index (χ2n) is 4.04. The molecule has 4 heteroatoms. The Morgan fingerprint density at radius 3 is 2.72 bits per heavy atom. The summed E-state index contributed by atoms with van der Waals surface area (Å²) in [4.78, 5) is 0. The lowest BCUT2D eigenvalue weighted by atomic mass is 10.1. The van der Waals surface area contributed by atoms with Gasteiger partial charge in [-0.2, -0.15) is 0 Å². The molecule has 0 saturated heterocycles. The molecule has 18 heavy (non-hydrogen) atoms. The van der Waals surface area contributed by atoms with E-state index in [9.17, 15) is 4.39 Å². The van der Waals surface area contributed by atoms with Crippen molar-refractivity contribution < 1.29 is 4.39 Å². The molecular formula is C14H14ClFN2. The van der Waals surface area contributed by atoms with Crippen LogP contribution >= 0.6 is 11.6 Å². The molecule has 0 bridgehead atoms. The Labute approximate surface area is 111 Å². The molecule has 0 atom stereocenters. The van der Waals surface area contributed by atoms with Crippen LogP contribution in [0.4, 0.5) is 15.8 Å². The lowest BCUT2D eigenvalue weighted by Crippen LogP contribution is -2.03. The van der Waals surface area contributed by atoms with Crippen molar-refractivity contribution in [1.82, 2.24) is 0 Å². The maximum absolute atomic E-state index is 13.1. The fraction of sp³-hybridized carbons (Fsp3) is 0.143. The number of hydrogen-bond acceptors (Lipinski definition) is 2. The van der Waals surface area contributed by atoms with E-state index in [1.165, 1.54) is 12.1 Å². The Hall–Kier alpha value is -1.58. The van der Waals surface area contributed by atoms with E-state index in [0.29, 0.717) is 5.02 Å². The summed E-state index contributed by atoms with van der Waals surface area (Å²) in [6.45, 7) is 2.20. The molecule has 0 heterocycles. The second-order valence-corrected chi connectivity index (χ2v) is 4.45. The molecule has 0 aromatic heterocycles. The first-order valence-electron chi connectivity index (χ1n) is 5.62. The van der Waals surface area contributed by atoms with Crippen LogP contribution in [-0.4, -0.2) is 0 Å². The van der Waals surface area contributed by atoms with Gasteiger partial charge in [0.1, 0.15) is 5.82 Å². The van der Waals surface area contributed by atoms with Gasteiger partial charge < -0.3 is 11.1 Å². The SMILES string of the molecule is Cc1c(Cl)cccc1Nc1ccc(F)cc1CN. The van der Waals surface area contributed by atoms with Crippen LogP contribution in [0, 0.1) is 12.7 Å². The topological polar surface area (TPSA) is 38.0 Å². The van der Waals surface area contributed by atoms with Gasteiger partial charge in [0.05, 0.1) is 0 Å². The van der Waals surface area contributed by atoms with Crippen LogP contribution in [-0.2, 0) is 6.54 Å². The van der Waals surface area contributed by atoms with Crippen molar-refractivity contribution >= 4 is 23.0 Å². The minimum atomic E-state index is -0.288. The number of anilines is 2. The van der Waals surface area contributed by atoms with Crippen molar-refractivity contribution in [1.29, 1.82) is 0 Å². The number of hydrogen-bond donors (Lipinski definition) is 2. The molecule has 0 aliphatic carbocycles. The number of benzene rings is 2. The molecule has 94 valence electrons. The molecule has 0 radical (unpaired) electrons. The van der Waals surface area contributed by atoms with Gasteiger partial charge in [-0.1, -0.05) is 17.7 Å². The second kappa shape index (κ2) is 5.38. The van der Waals surface area contributed by atoms with Gasteiger partial charge in [0.25, 0.3) is 0 Å². The minimum absolute atomic E-state index is 0.277. The smallest absolute Gasteiger partial charge is 0.123 e. The number of halogens is 2. The van der Waals surface area contributed by atoms with Gasteiger partial charge in [0.2, 0.25) is 0 Å². The Bertz CT molecular complexity index is 570. The van der Waals surface area contributed by atoms with E-state index in [0.717, 1.165) is 22.5 Å². The standard InChI is InChI=1S/C14H14ClFN2/c1-9-12(15)3-2-4-13(9)18-14-6-5-11(16)7-10(14)8-17/h2-7,18H,8,17H2,1H3. The molecule has 0 unspecified atom stereocenters. The highest BCUT2D eigenvalue weighted by molar-refractivity contribution is 6.31. The van der Waals surface area contributed by atoms with Crippen LogP contribution in [0.2, 0.25) is 5.02 Å². The molecule has 0 aliphatic rings. The zero-order valence-electron chi connectivity index (χ0n) is 10.0. The fourth-order valence-electron chi connectivity index (χ4n) is 1.74. The zero-order chi connectivity index (χ0) is 13.1. The third-order valence-electron chi connectivity index (χ3n) is 2.82. The first-order valence-corrected chi connectivity index (χ1v) is 6.00. The largest absolute Gasteiger partial charge is 0.355 e. The van der Waals surface area contributed by atoms with Crippen molar-refractivity contribution in [3.05, 3.63) is 58.4 Å². The third-order valence-corrected chi connectivity index (χ3v) is 3.23. The van der Waals surface area contributed by atoms with E-state index < -0.39 is 0 Å². The predicted molar refractivity (Wildman–Crippen MR) is 73.8 cm³/mol. The van der Waals surface area contributed by atoms with E-state index in [1.54, 1.807) is 6.07 Å². The third kappa shape index (κ3) is 2.63. The molecule has 0 amide bonds. The van der Waals surface area contributed by atoms with Gasteiger partial charge in [-0.15, -0.1) is 0 Å². The van der Waals surface area contributed by atoms with Crippen LogP contribution in [0.15, 0.2) is 36.4 Å². The monoisotopic (exact) mass is 264 g/mol. The van der Waals surface area contributed by atoms with Gasteiger partial charge >= 0.3 is 0 Å². The average molecular weight is 265 g/mol. The molecule has 0 spiro atoms. The van der Waals surface area contributed by atoms with Gasteiger partial charge in [-0.05, 0) is 48.4 Å². The van der Waals surface area contributed by atoms with E-state index in [1.807, 2.05) is 25.1 Å². The average Bonchev–Trinajstić information content (AvgIpc) is 2.37. The normalized spacial score (nSPS) is 10.4. The molecule has 2 aromatic carbocycles. The molecular weight excluding hydrogens is 251 g/mol. The van der Waals surface area contributed by atoms with Crippen molar-refractivity contribution in [3.8, 4) is 0 Å². The number of rotatable bonds is 3. The summed E-state index contributed by atoms with van der Waals surface area (Å²) in [6, 6.07) is 10.1. The summed E-state index contributed by atoms with van der Waals surface area (Å²) >= 11 is 6.05. The maximum Gasteiger partial charge on any atom is 0.123 e. The number of nitrogens with one attached hydrogen (secondary N) is 1.